The smallest absolute Gasteiger partial charge is 0.191 e. The maximum atomic E-state index is 5.63. The predicted molar refractivity (Wildman–Crippen MR) is 108 cm³/mol. The standard InChI is InChI=1S/C17H27N5O.HI/c1-13-7-8-16(23-13)14(2)21-17(18-4)20-9-5-6-11-22-12-10-19-15(22)3;/h7-8,10,12,14H,5-6,9,11H2,1-4H3,(H2,18,20,21);1H. The molecule has 7 heteroatoms. The summed E-state index contributed by atoms with van der Waals surface area (Å²) in [5.41, 5.74) is 0. The van der Waals surface area contributed by atoms with E-state index < -0.39 is 0 Å². The fourth-order valence-corrected chi connectivity index (χ4v) is 2.41. The molecule has 2 aromatic rings. The van der Waals surface area contributed by atoms with Gasteiger partial charge in [-0.25, -0.2) is 4.98 Å². The molecule has 2 heterocycles. The van der Waals surface area contributed by atoms with Gasteiger partial charge in [-0.3, -0.25) is 4.99 Å². The van der Waals surface area contributed by atoms with Gasteiger partial charge < -0.3 is 19.6 Å². The molecule has 0 spiro atoms. The molecule has 1 atom stereocenters. The minimum Gasteiger partial charge on any atom is -0.464 e. The maximum absolute atomic E-state index is 5.63. The van der Waals surface area contributed by atoms with Crippen molar-refractivity contribution in [2.75, 3.05) is 13.6 Å². The van der Waals surface area contributed by atoms with E-state index in [4.69, 9.17) is 4.42 Å². The number of halogens is 1. The van der Waals surface area contributed by atoms with Crippen molar-refractivity contribution in [2.45, 2.75) is 46.2 Å². The van der Waals surface area contributed by atoms with Crippen LogP contribution in [0.4, 0.5) is 0 Å². The van der Waals surface area contributed by atoms with Crippen LogP contribution in [-0.2, 0) is 6.54 Å². The summed E-state index contributed by atoms with van der Waals surface area (Å²) in [6.07, 6.45) is 6.05. The van der Waals surface area contributed by atoms with E-state index in [2.05, 4.69) is 32.1 Å². The second-order valence-electron chi connectivity index (χ2n) is 5.69. The van der Waals surface area contributed by atoms with Crippen LogP contribution in [0.3, 0.4) is 0 Å². The van der Waals surface area contributed by atoms with Crippen LogP contribution in [0, 0.1) is 13.8 Å². The van der Waals surface area contributed by atoms with Gasteiger partial charge in [0.05, 0.1) is 6.04 Å². The van der Waals surface area contributed by atoms with Gasteiger partial charge in [0.15, 0.2) is 5.96 Å². The Bertz CT molecular complexity index is 634. The minimum atomic E-state index is 0. The summed E-state index contributed by atoms with van der Waals surface area (Å²) < 4.78 is 7.81. The molecule has 0 bridgehead atoms. The summed E-state index contributed by atoms with van der Waals surface area (Å²) in [6, 6.07) is 4.05. The predicted octanol–water partition coefficient (Wildman–Crippen LogP) is 3.42. The molecule has 1 unspecified atom stereocenters. The number of imidazole rings is 1. The van der Waals surface area contributed by atoms with Gasteiger partial charge in [0.2, 0.25) is 0 Å². The van der Waals surface area contributed by atoms with E-state index in [1.165, 1.54) is 0 Å². The zero-order valence-corrected chi connectivity index (χ0v) is 17.2. The van der Waals surface area contributed by atoms with E-state index in [0.29, 0.717) is 0 Å². The first-order chi connectivity index (χ1) is 11.1. The lowest BCUT2D eigenvalue weighted by molar-refractivity contribution is 0.441. The lowest BCUT2D eigenvalue weighted by Gasteiger charge is -2.16. The van der Waals surface area contributed by atoms with Crippen molar-refractivity contribution in [3.8, 4) is 0 Å². The van der Waals surface area contributed by atoms with Gasteiger partial charge in [0.1, 0.15) is 17.3 Å². The van der Waals surface area contributed by atoms with Crippen LogP contribution in [0.2, 0.25) is 0 Å². The third-order valence-electron chi connectivity index (χ3n) is 3.81. The van der Waals surface area contributed by atoms with Crippen LogP contribution < -0.4 is 10.6 Å². The van der Waals surface area contributed by atoms with E-state index in [1.54, 1.807) is 7.05 Å². The zero-order chi connectivity index (χ0) is 16.7. The van der Waals surface area contributed by atoms with Crippen molar-refractivity contribution >= 4 is 29.9 Å². The lowest BCUT2D eigenvalue weighted by Crippen LogP contribution is -2.39. The van der Waals surface area contributed by atoms with Crippen LogP contribution in [0.25, 0.3) is 0 Å². The van der Waals surface area contributed by atoms with Gasteiger partial charge in [-0.2, -0.15) is 0 Å². The average Bonchev–Trinajstić information content (AvgIpc) is 3.14. The number of aliphatic imine (C=N–C) groups is 1. The van der Waals surface area contributed by atoms with Crippen molar-refractivity contribution in [1.82, 2.24) is 20.2 Å². The lowest BCUT2D eigenvalue weighted by atomic mass is 10.2. The number of aryl methyl sites for hydroxylation is 3. The largest absolute Gasteiger partial charge is 0.464 e. The number of hydrogen-bond donors (Lipinski definition) is 2. The topological polar surface area (TPSA) is 67.4 Å². The Morgan fingerprint density at radius 2 is 2.12 bits per heavy atom. The molecular formula is C17H28IN5O. The highest BCUT2D eigenvalue weighted by atomic mass is 127. The van der Waals surface area contributed by atoms with Crippen LogP contribution in [0.5, 0.6) is 0 Å². The third-order valence-corrected chi connectivity index (χ3v) is 3.81. The Morgan fingerprint density at radius 3 is 2.71 bits per heavy atom. The number of unbranched alkanes of at least 4 members (excludes halogenated alkanes) is 1. The Labute approximate surface area is 161 Å². The number of nitrogens with zero attached hydrogens (tertiary/aromatic N) is 3. The molecule has 0 radical (unpaired) electrons. The van der Waals surface area contributed by atoms with Gasteiger partial charge in [0.25, 0.3) is 0 Å². The van der Waals surface area contributed by atoms with E-state index >= 15 is 0 Å². The molecule has 134 valence electrons. The van der Waals surface area contributed by atoms with Crippen LogP contribution in [-0.4, -0.2) is 29.1 Å². The van der Waals surface area contributed by atoms with Gasteiger partial charge in [-0.05, 0) is 45.7 Å². The summed E-state index contributed by atoms with van der Waals surface area (Å²) in [5.74, 6) is 3.70. The van der Waals surface area contributed by atoms with Crippen molar-refractivity contribution in [2.24, 2.45) is 4.99 Å². The van der Waals surface area contributed by atoms with E-state index in [-0.39, 0.29) is 30.0 Å². The van der Waals surface area contributed by atoms with Crippen LogP contribution >= 0.6 is 24.0 Å². The summed E-state index contributed by atoms with van der Waals surface area (Å²) in [6.45, 7) is 7.93. The number of nitrogens with one attached hydrogen (secondary N) is 2. The van der Waals surface area contributed by atoms with Gasteiger partial charge in [-0.15, -0.1) is 24.0 Å². The number of hydrogen-bond acceptors (Lipinski definition) is 3. The second-order valence-corrected chi connectivity index (χ2v) is 5.69. The van der Waals surface area contributed by atoms with Crippen molar-refractivity contribution in [1.29, 1.82) is 0 Å². The number of rotatable bonds is 7. The normalized spacial score (nSPS) is 12.6. The van der Waals surface area contributed by atoms with Gasteiger partial charge >= 0.3 is 0 Å². The first-order valence-corrected chi connectivity index (χ1v) is 8.11. The molecule has 2 N–H and O–H groups in total. The molecule has 0 saturated heterocycles. The molecule has 0 amide bonds. The molecule has 0 aliphatic rings. The SMILES string of the molecule is CN=C(NCCCCn1ccnc1C)NC(C)c1ccc(C)o1.I. The highest BCUT2D eigenvalue weighted by molar-refractivity contribution is 14.0. The Balaban J connectivity index is 0.00000288. The van der Waals surface area contributed by atoms with Crippen molar-refractivity contribution < 1.29 is 4.42 Å². The molecule has 2 aromatic heterocycles. The fourth-order valence-electron chi connectivity index (χ4n) is 2.41. The molecule has 24 heavy (non-hydrogen) atoms. The first-order valence-electron chi connectivity index (χ1n) is 8.11. The van der Waals surface area contributed by atoms with Crippen molar-refractivity contribution in [3.05, 3.63) is 41.9 Å². The molecule has 0 aromatic carbocycles. The molecule has 0 saturated carbocycles. The number of aromatic nitrogens is 2. The van der Waals surface area contributed by atoms with E-state index in [1.807, 2.05) is 38.4 Å². The Kier molecular flexibility index (Phi) is 8.88. The quantitative estimate of drug-likeness (QED) is 0.297. The summed E-state index contributed by atoms with van der Waals surface area (Å²) in [5, 5.41) is 6.68. The molecule has 6 nitrogen and oxygen atoms in total. The Morgan fingerprint density at radius 1 is 1.33 bits per heavy atom. The highest BCUT2D eigenvalue weighted by Gasteiger charge is 2.10. The molecule has 2 rings (SSSR count). The van der Waals surface area contributed by atoms with Gasteiger partial charge in [-0.1, -0.05) is 0 Å². The Hall–Kier alpha value is -1.51. The monoisotopic (exact) mass is 445 g/mol. The maximum Gasteiger partial charge on any atom is 0.191 e. The summed E-state index contributed by atoms with van der Waals surface area (Å²) in [7, 11) is 1.78. The van der Waals surface area contributed by atoms with E-state index in [9.17, 15) is 0 Å². The summed E-state index contributed by atoms with van der Waals surface area (Å²) >= 11 is 0. The van der Waals surface area contributed by atoms with Crippen molar-refractivity contribution in [3.63, 3.8) is 0 Å². The summed E-state index contributed by atoms with van der Waals surface area (Å²) in [4.78, 5) is 8.49. The first kappa shape index (κ1) is 20.5. The second kappa shape index (κ2) is 10.4. The van der Waals surface area contributed by atoms with Crippen LogP contribution in [0.1, 0.15) is 43.2 Å². The van der Waals surface area contributed by atoms with Crippen LogP contribution in [0.15, 0.2) is 33.9 Å². The van der Waals surface area contributed by atoms with E-state index in [0.717, 1.165) is 49.2 Å². The molecule has 0 aliphatic carbocycles. The number of guanidine groups is 1. The molecule has 0 fully saturated rings. The van der Waals surface area contributed by atoms with Gasteiger partial charge in [0, 0.05) is 32.5 Å². The zero-order valence-electron chi connectivity index (χ0n) is 14.9. The minimum absolute atomic E-state index is 0. The molecule has 0 aliphatic heterocycles. The third kappa shape index (κ3) is 6.18. The number of furan rings is 1. The average molecular weight is 445 g/mol. The fraction of sp³-hybridized carbons (Fsp3) is 0.529. The highest BCUT2D eigenvalue weighted by Crippen LogP contribution is 2.15. The molecular weight excluding hydrogens is 417 g/mol.